The molecule has 5 nitrogen and oxygen atoms in total. The Kier molecular flexibility index (Phi) is 2.24. The lowest BCUT2D eigenvalue weighted by atomic mass is 10.0. The molecule has 0 amide bonds. The van der Waals surface area contributed by atoms with E-state index in [0.29, 0.717) is 6.42 Å². The molecule has 0 spiro atoms. The van der Waals surface area contributed by atoms with Crippen molar-refractivity contribution < 1.29 is 0 Å². The monoisotopic (exact) mass is 261 g/mol. The van der Waals surface area contributed by atoms with Crippen molar-refractivity contribution in [2.24, 2.45) is 0 Å². The van der Waals surface area contributed by atoms with Crippen LogP contribution in [-0.4, -0.2) is 15.2 Å². The Morgan fingerprint density at radius 3 is 3.05 bits per heavy atom. The molecule has 20 heavy (non-hydrogen) atoms. The van der Waals surface area contributed by atoms with Gasteiger partial charge in [0.25, 0.3) is 0 Å². The van der Waals surface area contributed by atoms with Crippen LogP contribution in [0.1, 0.15) is 18.0 Å². The first kappa shape index (κ1) is 11.0. The molecule has 2 N–H and O–H groups in total. The number of nitrogens with one attached hydrogen (secondary N) is 2. The molecule has 1 unspecified atom stereocenters. The molecule has 4 rings (SSSR count). The maximum atomic E-state index is 9.07. The van der Waals surface area contributed by atoms with E-state index in [1.807, 2.05) is 24.4 Å². The molecule has 3 aromatic rings. The summed E-state index contributed by atoms with van der Waals surface area (Å²) in [6, 6.07) is 10.3. The van der Waals surface area contributed by atoms with Gasteiger partial charge in [-0.3, -0.25) is 0 Å². The van der Waals surface area contributed by atoms with Gasteiger partial charge in [-0.1, -0.05) is 18.2 Å². The fraction of sp³-hybridized carbons (Fsp3) is 0.133. The molecule has 0 saturated heterocycles. The van der Waals surface area contributed by atoms with Gasteiger partial charge < -0.3 is 10.3 Å². The summed E-state index contributed by atoms with van der Waals surface area (Å²) < 4.78 is 0. The van der Waals surface area contributed by atoms with Crippen molar-refractivity contribution in [2.45, 2.75) is 12.5 Å². The highest BCUT2D eigenvalue weighted by molar-refractivity contribution is 6.00. The van der Waals surface area contributed by atoms with Gasteiger partial charge in [-0.15, -0.1) is 5.10 Å². The summed E-state index contributed by atoms with van der Waals surface area (Å²) in [4.78, 5) is 3.14. The number of fused-ring (bicyclic) bond motifs is 2. The summed E-state index contributed by atoms with van der Waals surface area (Å²) >= 11 is 0. The summed E-state index contributed by atoms with van der Waals surface area (Å²) in [5, 5.41) is 21.8. The maximum absolute atomic E-state index is 9.07. The van der Waals surface area contributed by atoms with Gasteiger partial charge in [-0.2, -0.15) is 10.4 Å². The van der Waals surface area contributed by atoms with E-state index in [2.05, 4.69) is 32.6 Å². The standard InChI is InChI=1S/C15H11N5/c16-6-5-13-11-7-17-15-14(11)10(8-18-20-15)9-3-1-2-4-12(9)19-13/h1-4,7-8,13,19H,5H2,(H,17,20). The SMILES string of the molecule is N#CCC1Nc2ccccc2-c2cnnc3[nH]cc1c23. The third-order valence-corrected chi connectivity index (χ3v) is 3.72. The molecule has 0 radical (unpaired) electrons. The summed E-state index contributed by atoms with van der Waals surface area (Å²) in [6.07, 6.45) is 4.11. The third-order valence-electron chi connectivity index (χ3n) is 3.72. The van der Waals surface area contributed by atoms with Crippen LogP contribution in [0.15, 0.2) is 36.7 Å². The maximum Gasteiger partial charge on any atom is 0.160 e. The number of nitriles is 1. The van der Waals surface area contributed by atoms with Crippen LogP contribution < -0.4 is 5.32 Å². The molecule has 1 aliphatic heterocycles. The zero-order valence-corrected chi connectivity index (χ0v) is 10.6. The van der Waals surface area contributed by atoms with E-state index in [0.717, 1.165) is 33.4 Å². The minimum absolute atomic E-state index is 0.0413. The average Bonchev–Trinajstić information content (AvgIpc) is 2.85. The van der Waals surface area contributed by atoms with Crippen molar-refractivity contribution in [1.82, 2.24) is 15.2 Å². The van der Waals surface area contributed by atoms with Crippen molar-refractivity contribution in [3.63, 3.8) is 0 Å². The van der Waals surface area contributed by atoms with Crippen molar-refractivity contribution >= 4 is 16.7 Å². The van der Waals surface area contributed by atoms with Gasteiger partial charge in [0.1, 0.15) is 0 Å². The summed E-state index contributed by atoms with van der Waals surface area (Å²) in [5.74, 6) is 0. The molecule has 0 aliphatic carbocycles. The molecule has 0 saturated carbocycles. The number of para-hydroxylation sites is 1. The van der Waals surface area contributed by atoms with Gasteiger partial charge in [-0.05, 0) is 6.07 Å². The fourth-order valence-corrected chi connectivity index (χ4v) is 2.84. The van der Waals surface area contributed by atoms with Crippen molar-refractivity contribution in [3.8, 4) is 17.2 Å². The summed E-state index contributed by atoms with van der Waals surface area (Å²) in [7, 11) is 0. The predicted octanol–water partition coefficient (Wildman–Crippen LogP) is 3.01. The van der Waals surface area contributed by atoms with E-state index in [1.165, 1.54) is 0 Å². The molecular weight excluding hydrogens is 250 g/mol. The minimum Gasteiger partial charge on any atom is -0.377 e. The molecule has 0 fully saturated rings. The Hall–Kier alpha value is -2.87. The highest BCUT2D eigenvalue weighted by Gasteiger charge is 2.24. The number of rotatable bonds is 1. The van der Waals surface area contributed by atoms with E-state index >= 15 is 0 Å². The minimum atomic E-state index is -0.0413. The lowest BCUT2D eigenvalue weighted by molar-refractivity contribution is 0.816. The molecule has 2 aromatic heterocycles. The number of aromatic nitrogens is 3. The summed E-state index contributed by atoms with van der Waals surface area (Å²) in [6.45, 7) is 0. The van der Waals surface area contributed by atoms with Crippen LogP contribution in [0.3, 0.4) is 0 Å². The smallest absolute Gasteiger partial charge is 0.160 e. The molecule has 5 heteroatoms. The zero-order chi connectivity index (χ0) is 13.5. The Labute approximate surface area is 115 Å². The normalized spacial score (nSPS) is 16.1. The van der Waals surface area contributed by atoms with Crippen LogP contribution in [0.5, 0.6) is 0 Å². The molecule has 1 atom stereocenters. The van der Waals surface area contributed by atoms with E-state index in [9.17, 15) is 0 Å². The Morgan fingerprint density at radius 1 is 1.25 bits per heavy atom. The van der Waals surface area contributed by atoms with Gasteiger partial charge >= 0.3 is 0 Å². The molecule has 1 aliphatic rings. The number of benzene rings is 1. The molecular formula is C15H11N5. The van der Waals surface area contributed by atoms with Crippen LogP contribution in [0.4, 0.5) is 5.69 Å². The molecule has 96 valence electrons. The number of hydrogen-bond acceptors (Lipinski definition) is 4. The molecule has 1 aromatic carbocycles. The van der Waals surface area contributed by atoms with E-state index < -0.39 is 0 Å². The topological polar surface area (TPSA) is 77.4 Å². The fourth-order valence-electron chi connectivity index (χ4n) is 2.84. The number of hydrogen-bond donors (Lipinski definition) is 2. The van der Waals surface area contributed by atoms with Crippen LogP contribution in [0, 0.1) is 11.3 Å². The largest absolute Gasteiger partial charge is 0.377 e. The van der Waals surface area contributed by atoms with Gasteiger partial charge in [0.15, 0.2) is 5.65 Å². The molecule has 3 heterocycles. The van der Waals surface area contributed by atoms with Gasteiger partial charge in [0.2, 0.25) is 0 Å². The summed E-state index contributed by atoms with van der Waals surface area (Å²) in [5.41, 5.74) is 5.00. The Bertz CT molecular complexity index is 843. The highest BCUT2D eigenvalue weighted by atomic mass is 15.1. The van der Waals surface area contributed by atoms with Gasteiger partial charge in [0.05, 0.1) is 24.7 Å². The first-order chi connectivity index (χ1) is 9.88. The first-order valence-corrected chi connectivity index (χ1v) is 6.44. The highest BCUT2D eigenvalue weighted by Crippen LogP contribution is 2.41. The number of aromatic amines is 1. The quantitative estimate of drug-likeness (QED) is 0.706. The van der Waals surface area contributed by atoms with Crippen LogP contribution in [-0.2, 0) is 0 Å². The first-order valence-electron chi connectivity index (χ1n) is 6.44. The number of anilines is 1. The van der Waals surface area contributed by atoms with Gasteiger partial charge in [0, 0.05) is 34.0 Å². The van der Waals surface area contributed by atoms with Crippen LogP contribution in [0.2, 0.25) is 0 Å². The molecule has 0 bridgehead atoms. The second-order valence-corrected chi connectivity index (χ2v) is 4.83. The lowest BCUT2D eigenvalue weighted by Crippen LogP contribution is -2.08. The van der Waals surface area contributed by atoms with E-state index in [4.69, 9.17) is 5.26 Å². The number of H-pyrrole nitrogens is 1. The van der Waals surface area contributed by atoms with Crippen molar-refractivity contribution in [2.75, 3.05) is 5.32 Å². The average molecular weight is 261 g/mol. The number of nitrogens with zero attached hydrogens (tertiary/aromatic N) is 3. The van der Waals surface area contributed by atoms with E-state index in [-0.39, 0.29) is 6.04 Å². The third kappa shape index (κ3) is 1.42. The van der Waals surface area contributed by atoms with Gasteiger partial charge in [-0.25, -0.2) is 0 Å². The zero-order valence-electron chi connectivity index (χ0n) is 10.6. The Balaban J connectivity index is 2.10. The van der Waals surface area contributed by atoms with Crippen LogP contribution >= 0.6 is 0 Å². The van der Waals surface area contributed by atoms with Crippen molar-refractivity contribution in [3.05, 3.63) is 42.2 Å². The van der Waals surface area contributed by atoms with Crippen LogP contribution in [0.25, 0.3) is 22.2 Å². The predicted molar refractivity (Wildman–Crippen MR) is 75.9 cm³/mol. The Morgan fingerprint density at radius 2 is 2.15 bits per heavy atom. The lowest BCUT2D eigenvalue weighted by Gasteiger charge is -2.15. The second-order valence-electron chi connectivity index (χ2n) is 4.83. The second kappa shape index (κ2) is 4.07. The van der Waals surface area contributed by atoms with E-state index in [1.54, 1.807) is 6.20 Å². The van der Waals surface area contributed by atoms with Crippen molar-refractivity contribution in [1.29, 1.82) is 5.26 Å².